The van der Waals surface area contributed by atoms with Crippen LogP contribution in [0.25, 0.3) is 0 Å². The van der Waals surface area contributed by atoms with Gasteiger partial charge in [0.2, 0.25) is 6.79 Å². The van der Waals surface area contributed by atoms with Crippen LogP contribution < -0.4 is 9.47 Å². The summed E-state index contributed by atoms with van der Waals surface area (Å²) in [4.78, 5) is 32.2. The van der Waals surface area contributed by atoms with Crippen molar-refractivity contribution in [3.8, 4) is 11.5 Å². The summed E-state index contributed by atoms with van der Waals surface area (Å²) < 4.78 is 35.9. The molecular formula is C26H30FN3O6. The van der Waals surface area contributed by atoms with E-state index in [1.807, 2.05) is 0 Å². The van der Waals surface area contributed by atoms with Crippen molar-refractivity contribution in [3.63, 3.8) is 0 Å². The van der Waals surface area contributed by atoms with E-state index in [0.717, 1.165) is 13.1 Å². The van der Waals surface area contributed by atoms with Crippen molar-refractivity contribution in [1.82, 2.24) is 14.7 Å². The van der Waals surface area contributed by atoms with Crippen molar-refractivity contribution in [2.75, 3.05) is 72.4 Å². The van der Waals surface area contributed by atoms with Crippen LogP contribution in [-0.4, -0.2) is 105 Å². The molecule has 5 rings (SSSR count). The summed E-state index contributed by atoms with van der Waals surface area (Å²) in [6.07, 6.45) is -0.362. The van der Waals surface area contributed by atoms with Crippen LogP contribution in [0.4, 0.5) is 4.39 Å². The first-order valence-corrected chi connectivity index (χ1v) is 12.2. The highest BCUT2D eigenvalue weighted by atomic mass is 19.1. The highest BCUT2D eigenvalue weighted by molar-refractivity contribution is 5.95. The molecule has 0 aromatic heterocycles. The molecule has 3 aliphatic heterocycles. The third-order valence-electron chi connectivity index (χ3n) is 6.62. The molecule has 2 amide bonds. The topological polar surface area (TPSA) is 80.8 Å². The molecule has 3 heterocycles. The minimum atomic E-state index is -0.455. The van der Waals surface area contributed by atoms with E-state index in [4.69, 9.17) is 18.9 Å². The number of nitrogens with zero attached hydrogens (tertiary/aromatic N) is 3. The maximum absolute atomic E-state index is 13.8. The van der Waals surface area contributed by atoms with Gasteiger partial charge in [-0.2, -0.15) is 0 Å². The molecule has 10 heteroatoms. The van der Waals surface area contributed by atoms with E-state index < -0.39 is 5.82 Å². The summed E-state index contributed by atoms with van der Waals surface area (Å²) in [5.74, 6) is 0.339. The summed E-state index contributed by atoms with van der Waals surface area (Å²) in [6, 6.07) is 10.9. The van der Waals surface area contributed by atoms with E-state index in [1.54, 1.807) is 34.1 Å². The standard InChI is InChI=1S/C26H30FN3O6/c27-21-3-1-2-19(14-21)25(31)29(7-6-28-8-11-33-12-9-28)16-22-17-30(10-13-34-22)26(32)20-4-5-23-24(15-20)36-18-35-23/h1-5,14-15,22H,6-13,16-18H2/t22-/m0/s1. The number of fused-ring (bicyclic) bond motifs is 1. The zero-order valence-electron chi connectivity index (χ0n) is 20.1. The van der Waals surface area contributed by atoms with Gasteiger partial charge in [0, 0.05) is 56.9 Å². The number of halogens is 1. The number of carbonyl (C=O) groups excluding carboxylic acids is 2. The van der Waals surface area contributed by atoms with Crippen LogP contribution in [-0.2, 0) is 9.47 Å². The van der Waals surface area contributed by atoms with Gasteiger partial charge in [0.25, 0.3) is 11.8 Å². The maximum atomic E-state index is 13.8. The van der Waals surface area contributed by atoms with Crippen LogP contribution >= 0.6 is 0 Å². The van der Waals surface area contributed by atoms with E-state index in [0.29, 0.717) is 75.2 Å². The van der Waals surface area contributed by atoms with Gasteiger partial charge in [-0.15, -0.1) is 0 Å². The van der Waals surface area contributed by atoms with Crippen molar-refractivity contribution >= 4 is 11.8 Å². The maximum Gasteiger partial charge on any atom is 0.254 e. The fraction of sp³-hybridized carbons (Fsp3) is 0.462. The van der Waals surface area contributed by atoms with Gasteiger partial charge >= 0.3 is 0 Å². The number of rotatable bonds is 7. The van der Waals surface area contributed by atoms with Crippen molar-refractivity contribution in [2.24, 2.45) is 0 Å². The molecule has 9 nitrogen and oxygen atoms in total. The number of carbonyl (C=O) groups is 2. The lowest BCUT2D eigenvalue weighted by Gasteiger charge is -2.37. The molecule has 2 fully saturated rings. The second-order valence-corrected chi connectivity index (χ2v) is 9.03. The first-order chi connectivity index (χ1) is 17.6. The van der Waals surface area contributed by atoms with E-state index in [1.165, 1.54) is 18.2 Å². The SMILES string of the molecule is O=C(c1ccc2c(c1)OCO2)N1CCO[C@@H](CN(CCN2CCOCC2)C(=O)c2cccc(F)c2)C1. The Bertz CT molecular complexity index is 1090. The first-order valence-electron chi connectivity index (χ1n) is 12.2. The van der Waals surface area contributed by atoms with Crippen LogP contribution in [0.1, 0.15) is 20.7 Å². The molecule has 2 aromatic rings. The van der Waals surface area contributed by atoms with Gasteiger partial charge in [-0.3, -0.25) is 14.5 Å². The van der Waals surface area contributed by atoms with Crippen molar-refractivity contribution in [3.05, 3.63) is 59.4 Å². The molecular weight excluding hydrogens is 469 g/mol. The Kier molecular flexibility index (Phi) is 7.64. The summed E-state index contributed by atoms with van der Waals surface area (Å²) in [7, 11) is 0. The van der Waals surface area contributed by atoms with Gasteiger partial charge in [0.1, 0.15) is 5.82 Å². The number of ether oxygens (including phenoxy) is 4. The van der Waals surface area contributed by atoms with Gasteiger partial charge in [-0.05, 0) is 36.4 Å². The van der Waals surface area contributed by atoms with Gasteiger partial charge in [-0.25, -0.2) is 4.39 Å². The average molecular weight is 500 g/mol. The number of hydrogen-bond acceptors (Lipinski definition) is 7. The van der Waals surface area contributed by atoms with Gasteiger partial charge in [-0.1, -0.05) is 6.07 Å². The predicted molar refractivity (Wildman–Crippen MR) is 128 cm³/mol. The second kappa shape index (κ2) is 11.2. The van der Waals surface area contributed by atoms with Crippen molar-refractivity contribution < 1.29 is 32.9 Å². The third-order valence-corrected chi connectivity index (χ3v) is 6.62. The Morgan fingerprint density at radius 2 is 1.81 bits per heavy atom. The zero-order chi connectivity index (χ0) is 24.9. The average Bonchev–Trinajstić information content (AvgIpc) is 3.39. The molecule has 192 valence electrons. The van der Waals surface area contributed by atoms with E-state index in [2.05, 4.69) is 4.90 Å². The summed E-state index contributed by atoms with van der Waals surface area (Å²) in [5, 5.41) is 0. The Morgan fingerprint density at radius 3 is 2.64 bits per heavy atom. The smallest absolute Gasteiger partial charge is 0.254 e. The number of amides is 2. The Balaban J connectivity index is 1.26. The zero-order valence-corrected chi connectivity index (χ0v) is 20.1. The van der Waals surface area contributed by atoms with E-state index in [-0.39, 0.29) is 24.7 Å². The largest absolute Gasteiger partial charge is 0.454 e. The van der Waals surface area contributed by atoms with Crippen molar-refractivity contribution in [1.29, 1.82) is 0 Å². The Labute approximate surface area is 209 Å². The fourth-order valence-electron chi connectivity index (χ4n) is 4.64. The predicted octanol–water partition coefficient (Wildman–Crippen LogP) is 1.87. The molecule has 1 atom stereocenters. The molecule has 0 radical (unpaired) electrons. The molecule has 0 spiro atoms. The Hall–Kier alpha value is -3.21. The van der Waals surface area contributed by atoms with Gasteiger partial charge < -0.3 is 28.7 Å². The molecule has 0 N–H and O–H groups in total. The van der Waals surface area contributed by atoms with E-state index >= 15 is 0 Å². The van der Waals surface area contributed by atoms with Gasteiger partial charge in [0.05, 0.1) is 25.9 Å². The summed E-state index contributed by atoms with van der Waals surface area (Å²) >= 11 is 0. The van der Waals surface area contributed by atoms with Crippen LogP contribution in [0.15, 0.2) is 42.5 Å². The molecule has 0 aliphatic carbocycles. The van der Waals surface area contributed by atoms with Gasteiger partial charge in [0.15, 0.2) is 11.5 Å². The molecule has 36 heavy (non-hydrogen) atoms. The molecule has 3 aliphatic rings. The number of hydrogen-bond donors (Lipinski definition) is 0. The lowest BCUT2D eigenvalue weighted by Crippen LogP contribution is -2.52. The van der Waals surface area contributed by atoms with Crippen LogP contribution in [0.3, 0.4) is 0 Å². The first kappa shape index (κ1) is 24.5. The normalized spacial score (nSPS) is 19.8. The highest BCUT2D eigenvalue weighted by Crippen LogP contribution is 2.33. The second-order valence-electron chi connectivity index (χ2n) is 9.03. The van der Waals surface area contributed by atoms with Crippen LogP contribution in [0.5, 0.6) is 11.5 Å². The third kappa shape index (κ3) is 5.77. The quantitative estimate of drug-likeness (QED) is 0.576. The lowest BCUT2D eigenvalue weighted by molar-refractivity contribution is -0.0347. The molecule has 0 saturated carbocycles. The molecule has 2 saturated heterocycles. The van der Waals surface area contributed by atoms with Crippen molar-refractivity contribution in [2.45, 2.75) is 6.10 Å². The lowest BCUT2D eigenvalue weighted by atomic mass is 10.1. The summed E-state index contributed by atoms with van der Waals surface area (Å²) in [5.41, 5.74) is 0.806. The van der Waals surface area contributed by atoms with Crippen LogP contribution in [0, 0.1) is 5.82 Å². The van der Waals surface area contributed by atoms with E-state index in [9.17, 15) is 14.0 Å². The molecule has 0 bridgehead atoms. The molecule has 0 unspecified atom stereocenters. The minimum Gasteiger partial charge on any atom is -0.454 e. The van der Waals surface area contributed by atoms with Crippen LogP contribution in [0.2, 0.25) is 0 Å². The minimum absolute atomic E-state index is 0.127. The summed E-state index contributed by atoms with van der Waals surface area (Å²) in [6.45, 7) is 5.69. The fourth-order valence-corrected chi connectivity index (χ4v) is 4.64. The number of benzene rings is 2. The number of morpholine rings is 2. The Morgan fingerprint density at radius 1 is 0.972 bits per heavy atom. The monoisotopic (exact) mass is 499 g/mol. The molecule has 2 aromatic carbocycles. The highest BCUT2D eigenvalue weighted by Gasteiger charge is 2.29.